The molecule has 2 amide bonds. The van der Waals surface area contributed by atoms with Crippen LogP contribution in [0.15, 0.2) is 47.4 Å². The zero-order chi connectivity index (χ0) is 16.1. The molecule has 2 N–H and O–H groups in total. The summed E-state index contributed by atoms with van der Waals surface area (Å²) in [6, 6.07) is 10.0. The summed E-state index contributed by atoms with van der Waals surface area (Å²) in [5.41, 5.74) is 0.815. The van der Waals surface area contributed by atoms with E-state index in [1.165, 1.54) is 25.3 Å². The van der Waals surface area contributed by atoms with Crippen molar-refractivity contribution < 1.29 is 18.1 Å². The molecule has 0 aliphatic carbocycles. The molecule has 0 aromatic heterocycles. The molecule has 0 bridgehead atoms. The molecule has 0 aliphatic heterocycles. The van der Waals surface area contributed by atoms with Gasteiger partial charge in [0.25, 0.3) is 0 Å². The Morgan fingerprint density at radius 1 is 1.09 bits per heavy atom. The van der Waals surface area contributed by atoms with E-state index in [4.69, 9.17) is 4.74 Å². The van der Waals surface area contributed by atoms with Crippen molar-refractivity contribution >= 4 is 28.2 Å². The van der Waals surface area contributed by atoms with E-state index in [1.54, 1.807) is 30.5 Å². The summed E-state index contributed by atoms with van der Waals surface area (Å²) in [6.07, 6.45) is 1.58. The number of ether oxygens (including phenoxy) is 1. The first kappa shape index (κ1) is 16.0. The molecule has 0 radical (unpaired) electrons. The van der Waals surface area contributed by atoms with E-state index in [9.17, 15) is 13.4 Å². The first-order valence-electron chi connectivity index (χ1n) is 6.34. The molecule has 0 spiro atoms. The van der Waals surface area contributed by atoms with Crippen LogP contribution in [0, 0.1) is 5.82 Å². The van der Waals surface area contributed by atoms with Crippen molar-refractivity contribution in [2.45, 2.75) is 4.90 Å². The molecule has 0 saturated carbocycles. The van der Waals surface area contributed by atoms with Crippen molar-refractivity contribution in [2.24, 2.45) is 0 Å². The van der Waals surface area contributed by atoms with Crippen LogP contribution < -0.4 is 15.4 Å². The quantitative estimate of drug-likeness (QED) is 0.908. The van der Waals surface area contributed by atoms with Crippen LogP contribution in [-0.2, 0) is 10.8 Å². The summed E-state index contributed by atoms with van der Waals surface area (Å²) in [5.74, 6) is -0.200. The van der Waals surface area contributed by atoms with Crippen molar-refractivity contribution in [3.8, 4) is 5.75 Å². The average Bonchev–Trinajstić information content (AvgIpc) is 2.46. The molecule has 0 heterocycles. The van der Waals surface area contributed by atoms with E-state index in [0.717, 1.165) is 0 Å². The Morgan fingerprint density at radius 2 is 1.73 bits per heavy atom. The smallest absolute Gasteiger partial charge is 0.323 e. The largest absolute Gasteiger partial charge is 0.497 e. The molecule has 0 fully saturated rings. The fourth-order valence-electron chi connectivity index (χ4n) is 1.78. The number of hydrogen-bond acceptors (Lipinski definition) is 3. The number of anilines is 2. The minimum absolute atomic E-state index is 0.278. The van der Waals surface area contributed by atoms with Crippen molar-refractivity contribution in [3.05, 3.63) is 48.3 Å². The highest BCUT2D eigenvalue weighted by atomic mass is 32.2. The first-order valence-corrected chi connectivity index (χ1v) is 7.90. The lowest BCUT2D eigenvalue weighted by atomic mass is 10.3. The van der Waals surface area contributed by atoms with Gasteiger partial charge in [-0.25, -0.2) is 9.18 Å². The number of carbonyl (C=O) groups is 1. The highest BCUT2D eigenvalue weighted by molar-refractivity contribution is 7.84. The second-order valence-corrected chi connectivity index (χ2v) is 5.82. The van der Waals surface area contributed by atoms with Crippen molar-refractivity contribution in [3.63, 3.8) is 0 Å². The molecule has 0 aliphatic rings. The van der Waals surface area contributed by atoms with E-state index in [1.807, 2.05) is 0 Å². The minimum Gasteiger partial charge on any atom is -0.497 e. The summed E-state index contributed by atoms with van der Waals surface area (Å²) in [6.45, 7) is 0. The van der Waals surface area contributed by atoms with Crippen LogP contribution in [0.5, 0.6) is 5.75 Å². The number of halogens is 1. The number of urea groups is 1. The van der Waals surface area contributed by atoms with Gasteiger partial charge in [-0.05, 0) is 30.3 Å². The SMILES string of the molecule is COc1cc(F)cc(NC(=O)Nc2ccc([S@@](C)=O)cc2)c1. The van der Waals surface area contributed by atoms with Gasteiger partial charge in [0.15, 0.2) is 0 Å². The van der Waals surface area contributed by atoms with Gasteiger partial charge in [0.2, 0.25) is 0 Å². The van der Waals surface area contributed by atoms with Gasteiger partial charge in [0.1, 0.15) is 11.6 Å². The van der Waals surface area contributed by atoms with Crippen LogP contribution in [0.1, 0.15) is 0 Å². The molecule has 0 saturated heterocycles. The Morgan fingerprint density at radius 3 is 2.32 bits per heavy atom. The highest BCUT2D eigenvalue weighted by Gasteiger charge is 2.06. The molecule has 7 heteroatoms. The van der Waals surface area contributed by atoms with Crippen LogP contribution in [0.25, 0.3) is 0 Å². The van der Waals surface area contributed by atoms with Crippen LogP contribution >= 0.6 is 0 Å². The van der Waals surface area contributed by atoms with E-state index < -0.39 is 22.6 Å². The van der Waals surface area contributed by atoms with Crippen LogP contribution in [0.2, 0.25) is 0 Å². The van der Waals surface area contributed by atoms with Crippen LogP contribution in [0.3, 0.4) is 0 Å². The van der Waals surface area contributed by atoms with Crippen LogP contribution in [0.4, 0.5) is 20.6 Å². The number of nitrogens with one attached hydrogen (secondary N) is 2. The van der Waals surface area contributed by atoms with Gasteiger partial charge in [-0.1, -0.05) is 0 Å². The number of benzene rings is 2. The lowest BCUT2D eigenvalue weighted by molar-refractivity contribution is 0.262. The Labute approximate surface area is 129 Å². The Kier molecular flexibility index (Phi) is 5.11. The number of rotatable bonds is 4. The fraction of sp³-hybridized carbons (Fsp3) is 0.133. The molecular weight excluding hydrogens is 307 g/mol. The maximum absolute atomic E-state index is 13.3. The van der Waals surface area contributed by atoms with Crippen molar-refractivity contribution in [1.29, 1.82) is 0 Å². The van der Waals surface area contributed by atoms with Gasteiger partial charge in [0, 0.05) is 45.5 Å². The average molecular weight is 322 g/mol. The summed E-state index contributed by atoms with van der Waals surface area (Å²) < 4.78 is 29.5. The molecule has 1 atom stereocenters. The third-order valence-electron chi connectivity index (χ3n) is 2.81. The molecule has 116 valence electrons. The predicted octanol–water partition coefficient (Wildman–Crippen LogP) is 3.22. The standard InChI is InChI=1S/C15H15FN2O3S/c1-21-13-8-10(16)7-12(9-13)18-15(19)17-11-3-5-14(6-4-11)22(2)20/h3-9H,1-2H3,(H2,17,18,19)/t22-/m1/s1. The monoisotopic (exact) mass is 322 g/mol. The van der Waals surface area contributed by atoms with Gasteiger partial charge in [-0.15, -0.1) is 0 Å². The Hall–Kier alpha value is -2.41. The maximum atomic E-state index is 13.3. The summed E-state index contributed by atoms with van der Waals surface area (Å²) in [7, 11) is 0.343. The van der Waals surface area contributed by atoms with Gasteiger partial charge in [-0.3, -0.25) is 4.21 Å². The van der Waals surface area contributed by atoms with Crippen LogP contribution in [-0.4, -0.2) is 23.6 Å². The van der Waals surface area contributed by atoms with E-state index in [-0.39, 0.29) is 5.69 Å². The predicted molar refractivity (Wildman–Crippen MR) is 84.4 cm³/mol. The lowest BCUT2D eigenvalue weighted by Crippen LogP contribution is -2.19. The number of amides is 2. The second kappa shape index (κ2) is 7.04. The minimum atomic E-state index is -1.07. The fourth-order valence-corrected chi connectivity index (χ4v) is 2.30. The van der Waals surface area contributed by atoms with Crippen molar-refractivity contribution in [1.82, 2.24) is 0 Å². The molecule has 2 aromatic carbocycles. The van der Waals surface area contributed by atoms with E-state index >= 15 is 0 Å². The summed E-state index contributed by atoms with van der Waals surface area (Å²) in [4.78, 5) is 12.5. The topological polar surface area (TPSA) is 67.4 Å². The molecule has 2 rings (SSSR count). The summed E-state index contributed by atoms with van der Waals surface area (Å²) in [5, 5.41) is 5.11. The Balaban J connectivity index is 2.03. The van der Waals surface area contributed by atoms with Gasteiger partial charge in [-0.2, -0.15) is 0 Å². The number of methoxy groups -OCH3 is 1. The number of hydrogen-bond donors (Lipinski definition) is 2. The van der Waals surface area contributed by atoms with Gasteiger partial charge < -0.3 is 15.4 Å². The van der Waals surface area contributed by atoms with E-state index in [0.29, 0.717) is 16.3 Å². The number of carbonyl (C=O) groups excluding carboxylic acids is 1. The third-order valence-corrected chi connectivity index (χ3v) is 3.75. The zero-order valence-electron chi connectivity index (χ0n) is 12.1. The Bertz CT molecular complexity index is 704. The second-order valence-electron chi connectivity index (χ2n) is 4.44. The molecule has 5 nitrogen and oxygen atoms in total. The molecule has 2 aromatic rings. The normalized spacial score (nSPS) is 11.6. The highest BCUT2D eigenvalue weighted by Crippen LogP contribution is 2.20. The molecule has 0 unspecified atom stereocenters. The van der Waals surface area contributed by atoms with Gasteiger partial charge in [0.05, 0.1) is 7.11 Å². The molecular formula is C15H15FN2O3S. The third kappa shape index (κ3) is 4.29. The molecule has 22 heavy (non-hydrogen) atoms. The van der Waals surface area contributed by atoms with E-state index in [2.05, 4.69) is 10.6 Å². The zero-order valence-corrected chi connectivity index (χ0v) is 12.9. The lowest BCUT2D eigenvalue weighted by Gasteiger charge is -2.09. The summed E-state index contributed by atoms with van der Waals surface area (Å²) >= 11 is 0. The first-order chi connectivity index (χ1) is 10.5. The van der Waals surface area contributed by atoms with Crippen molar-refractivity contribution in [2.75, 3.05) is 24.0 Å². The van der Waals surface area contributed by atoms with Gasteiger partial charge >= 0.3 is 6.03 Å². The maximum Gasteiger partial charge on any atom is 0.323 e.